The van der Waals surface area contributed by atoms with Crippen LogP contribution in [0.1, 0.15) is 32.6 Å². The Morgan fingerprint density at radius 3 is 2.51 bits per heavy atom. The van der Waals surface area contributed by atoms with Crippen molar-refractivity contribution in [3.05, 3.63) is 60.5 Å². The van der Waals surface area contributed by atoms with Gasteiger partial charge in [0.1, 0.15) is 0 Å². The van der Waals surface area contributed by atoms with Crippen molar-refractivity contribution in [2.24, 2.45) is 5.92 Å². The van der Waals surface area contributed by atoms with E-state index >= 15 is 0 Å². The predicted octanol–water partition coefficient (Wildman–Crippen LogP) is 3.62. The molecule has 1 atom stereocenters. The summed E-state index contributed by atoms with van der Waals surface area (Å²) < 4.78 is 32.2. The number of hydrogen-bond acceptors (Lipinski definition) is 7. The first-order chi connectivity index (χ1) is 16.9. The van der Waals surface area contributed by atoms with Crippen molar-refractivity contribution in [2.45, 2.75) is 38.1 Å². The van der Waals surface area contributed by atoms with Crippen molar-refractivity contribution in [3.63, 3.8) is 0 Å². The smallest absolute Gasteiger partial charge is 0.243 e. The van der Waals surface area contributed by atoms with Gasteiger partial charge in [-0.2, -0.15) is 9.29 Å². The van der Waals surface area contributed by atoms with E-state index in [2.05, 4.69) is 20.4 Å². The molecule has 1 fully saturated rings. The van der Waals surface area contributed by atoms with Crippen LogP contribution >= 0.6 is 0 Å². The van der Waals surface area contributed by atoms with Crippen molar-refractivity contribution in [3.8, 4) is 11.4 Å². The maximum atomic E-state index is 12.9. The van der Waals surface area contributed by atoms with Crippen LogP contribution in [0, 0.1) is 5.92 Å². The molecular formula is C25H31N5O4S. The molecule has 1 amide bonds. The molecule has 2 heterocycles. The molecule has 1 aliphatic rings. The second kappa shape index (κ2) is 11.1. The number of sulfonamides is 1. The SMILES string of the molecule is CCN(CC)S(=O)(=O)c1ccc(NC(=O)C2CCCN(Cc3nc(-c4ccccc4)no3)C2)cc1. The lowest BCUT2D eigenvalue weighted by molar-refractivity contribution is -0.121. The third kappa shape index (κ3) is 5.95. The van der Waals surface area contributed by atoms with E-state index in [-0.39, 0.29) is 16.7 Å². The summed E-state index contributed by atoms with van der Waals surface area (Å²) >= 11 is 0. The van der Waals surface area contributed by atoms with Gasteiger partial charge in [-0.3, -0.25) is 9.69 Å². The van der Waals surface area contributed by atoms with Crippen LogP contribution in [0.2, 0.25) is 0 Å². The summed E-state index contributed by atoms with van der Waals surface area (Å²) in [5, 5.41) is 7.00. The largest absolute Gasteiger partial charge is 0.338 e. The third-order valence-electron chi connectivity index (χ3n) is 6.20. The zero-order chi connectivity index (χ0) is 24.8. The zero-order valence-electron chi connectivity index (χ0n) is 20.1. The molecule has 0 radical (unpaired) electrons. The molecule has 1 unspecified atom stereocenters. The maximum absolute atomic E-state index is 12.9. The van der Waals surface area contributed by atoms with Crippen molar-refractivity contribution >= 4 is 21.6 Å². The van der Waals surface area contributed by atoms with E-state index in [0.717, 1.165) is 24.9 Å². The van der Waals surface area contributed by atoms with Gasteiger partial charge >= 0.3 is 0 Å². The highest BCUT2D eigenvalue weighted by atomic mass is 32.2. The number of hydrogen-bond donors (Lipinski definition) is 1. The van der Waals surface area contributed by atoms with Gasteiger partial charge in [-0.05, 0) is 43.7 Å². The van der Waals surface area contributed by atoms with Crippen LogP contribution in [0.15, 0.2) is 64.0 Å². The lowest BCUT2D eigenvalue weighted by Gasteiger charge is -2.30. The lowest BCUT2D eigenvalue weighted by atomic mass is 9.97. The van der Waals surface area contributed by atoms with Gasteiger partial charge in [0.25, 0.3) is 0 Å². The second-order valence-corrected chi connectivity index (χ2v) is 10.5. The van der Waals surface area contributed by atoms with Gasteiger partial charge in [-0.1, -0.05) is 49.3 Å². The molecule has 10 heteroatoms. The Balaban J connectivity index is 1.34. The number of amides is 1. The van der Waals surface area contributed by atoms with Crippen LogP contribution in [0.3, 0.4) is 0 Å². The summed E-state index contributed by atoms with van der Waals surface area (Å²) in [6, 6.07) is 16.0. The molecule has 4 rings (SSSR count). The van der Waals surface area contributed by atoms with Crippen LogP contribution in [0.4, 0.5) is 5.69 Å². The van der Waals surface area contributed by atoms with Crippen LogP contribution in [0.5, 0.6) is 0 Å². The Hall–Kier alpha value is -3.08. The number of carbonyl (C=O) groups excluding carboxylic acids is 1. The third-order valence-corrected chi connectivity index (χ3v) is 8.26. The van der Waals surface area contributed by atoms with E-state index in [1.54, 1.807) is 12.1 Å². The Labute approximate surface area is 206 Å². The fourth-order valence-corrected chi connectivity index (χ4v) is 5.75. The summed E-state index contributed by atoms with van der Waals surface area (Å²) in [5.41, 5.74) is 1.48. The maximum Gasteiger partial charge on any atom is 0.243 e. The van der Waals surface area contributed by atoms with Crippen LogP contribution in [-0.2, 0) is 21.4 Å². The Morgan fingerprint density at radius 1 is 1.11 bits per heavy atom. The van der Waals surface area contributed by atoms with E-state index < -0.39 is 10.0 Å². The highest BCUT2D eigenvalue weighted by Gasteiger charge is 2.27. The first kappa shape index (κ1) is 25.0. The fourth-order valence-electron chi connectivity index (χ4n) is 4.30. The van der Waals surface area contributed by atoms with Gasteiger partial charge in [0.15, 0.2) is 0 Å². The van der Waals surface area contributed by atoms with Gasteiger partial charge in [-0.25, -0.2) is 8.42 Å². The van der Waals surface area contributed by atoms with Gasteiger partial charge in [0.2, 0.25) is 27.6 Å². The van der Waals surface area contributed by atoms with E-state index in [4.69, 9.17) is 4.52 Å². The Kier molecular flexibility index (Phi) is 7.94. The molecule has 1 aliphatic heterocycles. The number of rotatable bonds is 9. The van der Waals surface area contributed by atoms with Gasteiger partial charge in [0.05, 0.1) is 17.4 Å². The van der Waals surface area contributed by atoms with Gasteiger partial charge < -0.3 is 9.84 Å². The molecular weight excluding hydrogens is 466 g/mol. The number of benzene rings is 2. The predicted molar refractivity (Wildman–Crippen MR) is 133 cm³/mol. The molecule has 186 valence electrons. The molecule has 2 aromatic carbocycles. The van der Waals surface area contributed by atoms with E-state index in [1.807, 2.05) is 44.2 Å². The molecule has 0 aliphatic carbocycles. The van der Waals surface area contributed by atoms with Gasteiger partial charge in [0, 0.05) is 30.9 Å². The molecule has 35 heavy (non-hydrogen) atoms. The van der Waals surface area contributed by atoms with Crippen LogP contribution in [0.25, 0.3) is 11.4 Å². The molecule has 3 aromatic rings. The number of aromatic nitrogens is 2. The normalized spacial score (nSPS) is 16.9. The average molecular weight is 498 g/mol. The van der Waals surface area contributed by atoms with Crippen LogP contribution in [-0.4, -0.2) is 59.8 Å². The van der Waals surface area contributed by atoms with Crippen molar-refractivity contribution in [1.82, 2.24) is 19.3 Å². The molecule has 0 bridgehead atoms. The molecule has 9 nitrogen and oxygen atoms in total. The molecule has 0 spiro atoms. The first-order valence-corrected chi connectivity index (χ1v) is 13.4. The number of nitrogens with one attached hydrogen (secondary N) is 1. The summed E-state index contributed by atoms with van der Waals surface area (Å²) in [7, 11) is -3.53. The summed E-state index contributed by atoms with van der Waals surface area (Å²) in [6.07, 6.45) is 1.68. The fraction of sp³-hybridized carbons (Fsp3) is 0.400. The minimum atomic E-state index is -3.53. The first-order valence-electron chi connectivity index (χ1n) is 11.9. The summed E-state index contributed by atoms with van der Waals surface area (Å²) in [4.78, 5) is 19.8. The average Bonchev–Trinajstić information content (AvgIpc) is 3.34. The van der Waals surface area contributed by atoms with E-state index in [0.29, 0.717) is 43.6 Å². The highest BCUT2D eigenvalue weighted by Crippen LogP contribution is 2.23. The number of anilines is 1. The number of nitrogens with zero attached hydrogens (tertiary/aromatic N) is 4. The quantitative estimate of drug-likeness (QED) is 0.481. The van der Waals surface area contributed by atoms with E-state index in [1.165, 1.54) is 16.4 Å². The molecule has 1 N–H and O–H groups in total. The van der Waals surface area contributed by atoms with Gasteiger partial charge in [-0.15, -0.1) is 0 Å². The molecule has 1 aromatic heterocycles. The standard InChI is InChI=1S/C25H31N5O4S/c1-3-30(4-2)35(32,33)22-14-12-21(13-15-22)26-25(31)20-11-8-16-29(17-20)18-23-27-24(28-34-23)19-9-6-5-7-10-19/h5-7,9-10,12-15,20H,3-4,8,11,16-18H2,1-2H3,(H,26,31). The zero-order valence-corrected chi connectivity index (χ0v) is 20.9. The highest BCUT2D eigenvalue weighted by molar-refractivity contribution is 7.89. The second-order valence-electron chi connectivity index (χ2n) is 8.55. The summed E-state index contributed by atoms with van der Waals surface area (Å²) in [5.74, 6) is 0.817. The van der Waals surface area contributed by atoms with Crippen LogP contribution < -0.4 is 5.32 Å². The number of carbonyl (C=O) groups is 1. The Morgan fingerprint density at radius 2 is 1.83 bits per heavy atom. The molecule has 0 saturated carbocycles. The monoisotopic (exact) mass is 497 g/mol. The lowest BCUT2D eigenvalue weighted by Crippen LogP contribution is -2.40. The molecule has 1 saturated heterocycles. The van der Waals surface area contributed by atoms with Crippen molar-refractivity contribution in [1.29, 1.82) is 0 Å². The van der Waals surface area contributed by atoms with Crippen molar-refractivity contribution < 1.29 is 17.7 Å². The van der Waals surface area contributed by atoms with Crippen molar-refractivity contribution in [2.75, 3.05) is 31.5 Å². The minimum Gasteiger partial charge on any atom is -0.338 e. The van der Waals surface area contributed by atoms with E-state index in [9.17, 15) is 13.2 Å². The Bertz CT molecular complexity index is 1220. The summed E-state index contributed by atoms with van der Waals surface area (Å²) in [6.45, 7) is 6.36. The topological polar surface area (TPSA) is 109 Å². The minimum absolute atomic E-state index is 0.0791. The number of piperidine rings is 1. The number of likely N-dealkylation sites (tertiary alicyclic amines) is 1.